The first-order chi connectivity index (χ1) is 4.38. The van der Waals surface area contributed by atoms with Gasteiger partial charge in [0.2, 0.25) is 0 Å². The quantitative estimate of drug-likeness (QED) is 0.592. The van der Waals surface area contributed by atoms with Crippen LogP contribution in [-0.4, -0.2) is 10.2 Å². The van der Waals surface area contributed by atoms with Gasteiger partial charge in [-0.15, -0.1) is 11.3 Å². The number of hydrogen-bond acceptors (Lipinski definition) is 2. The molecular weight excluding hydrogens is 132 g/mol. The molecule has 2 heterocycles. The number of fused-ring (bicyclic) bond motifs is 1. The Kier molecular flexibility index (Phi) is 0.873. The van der Waals surface area contributed by atoms with Gasteiger partial charge in [-0.1, -0.05) is 0 Å². The minimum atomic E-state index is 1.10. The fourth-order valence-corrected chi connectivity index (χ4v) is 1.67. The van der Waals surface area contributed by atoms with Gasteiger partial charge in [0, 0.05) is 0 Å². The van der Waals surface area contributed by atoms with Gasteiger partial charge in [0.15, 0.2) is 0 Å². The van der Waals surface area contributed by atoms with E-state index in [1.54, 1.807) is 11.3 Å². The van der Waals surface area contributed by atoms with Gasteiger partial charge in [0.05, 0.1) is 15.9 Å². The third-order valence-corrected chi connectivity index (χ3v) is 2.36. The third-order valence-electron chi connectivity index (χ3n) is 1.34. The molecule has 9 heavy (non-hydrogen) atoms. The summed E-state index contributed by atoms with van der Waals surface area (Å²) in [5.74, 6) is 0. The van der Waals surface area contributed by atoms with Crippen LogP contribution in [0.1, 0.15) is 5.69 Å². The van der Waals surface area contributed by atoms with Crippen molar-refractivity contribution in [1.29, 1.82) is 0 Å². The second kappa shape index (κ2) is 1.57. The van der Waals surface area contributed by atoms with Crippen molar-refractivity contribution in [3.05, 3.63) is 17.1 Å². The van der Waals surface area contributed by atoms with Crippen molar-refractivity contribution < 1.29 is 0 Å². The van der Waals surface area contributed by atoms with Crippen LogP contribution < -0.4 is 0 Å². The van der Waals surface area contributed by atoms with E-state index in [2.05, 4.69) is 15.6 Å². The molecule has 0 unspecified atom stereocenters. The smallest absolute Gasteiger partial charge is 0.0769 e. The molecule has 0 aliphatic rings. The van der Waals surface area contributed by atoms with Crippen molar-refractivity contribution in [3.63, 3.8) is 0 Å². The number of rotatable bonds is 0. The summed E-state index contributed by atoms with van der Waals surface area (Å²) >= 11 is 1.73. The first-order valence-electron chi connectivity index (χ1n) is 2.76. The molecule has 0 aromatic carbocycles. The van der Waals surface area contributed by atoms with E-state index in [0.717, 1.165) is 11.2 Å². The summed E-state index contributed by atoms with van der Waals surface area (Å²) in [4.78, 5) is 0. The normalized spacial score (nSPS) is 10.8. The molecular formula is C6H6N2S. The second-order valence-corrected chi connectivity index (χ2v) is 2.89. The van der Waals surface area contributed by atoms with Crippen LogP contribution in [0.25, 0.3) is 10.2 Å². The molecule has 46 valence electrons. The SMILES string of the molecule is Cc1n[nH]c2ccsc12. The van der Waals surface area contributed by atoms with E-state index >= 15 is 0 Å². The summed E-state index contributed by atoms with van der Waals surface area (Å²) < 4.78 is 1.27. The Morgan fingerprint density at radius 1 is 1.67 bits per heavy atom. The summed E-state index contributed by atoms with van der Waals surface area (Å²) in [5, 5.41) is 9.03. The van der Waals surface area contributed by atoms with E-state index in [0.29, 0.717) is 0 Å². The number of nitrogens with zero attached hydrogens (tertiary/aromatic N) is 1. The molecule has 2 nitrogen and oxygen atoms in total. The minimum Gasteiger partial charge on any atom is -0.277 e. The van der Waals surface area contributed by atoms with Crippen molar-refractivity contribution in [2.45, 2.75) is 6.92 Å². The zero-order valence-electron chi connectivity index (χ0n) is 5.01. The maximum Gasteiger partial charge on any atom is 0.0769 e. The lowest BCUT2D eigenvalue weighted by atomic mass is 10.4. The summed E-state index contributed by atoms with van der Waals surface area (Å²) in [7, 11) is 0. The van der Waals surface area contributed by atoms with Crippen LogP contribution in [0.5, 0.6) is 0 Å². The molecule has 0 atom stereocenters. The van der Waals surface area contributed by atoms with Gasteiger partial charge < -0.3 is 0 Å². The van der Waals surface area contributed by atoms with Crippen molar-refractivity contribution in [2.75, 3.05) is 0 Å². The monoisotopic (exact) mass is 138 g/mol. The molecule has 1 N–H and O–H groups in total. The molecule has 0 saturated carbocycles. The van der Waals surface area contributed by atoms with Gasteiger partial charge in [-0.25, -0.2) is 0 Å². The number of thiophene rings is 1. The van der Waals surface area contributed by atoms with Crippen molar-refractivity contribution in [2.24, 2.45) is 0 Å². The van der Waals surface area contributed by atoms with Crippen molar-refractivity contribution in [3.8, 4) is 0 Å². The summed E-state index contributed by atoms with van der Waals surface area (Å²) in [6, 6.07) is 2.04. The number of nitrogens with one attached hydrogen (secondary N) is 1. The molecule has 0 aliphatic carbocycles. The highest BCUT2D eigenvalue weighted by Crippen LogP contribution is 2.20. The lowest BCUT2D eigenvalue weighted by Gasteiger charge is -1.72. The molecule has 2 aromatic heterocycles. The average Bonchev–Trinajstić information content (AvgIpc) is 2.35. The van der Waals surface area contributed by atoms with E-state index in [4.69, 9.17) is 0 Å². The van der Waals surface area contributed by atoms with Gasteiger partial charge in [-0.05, 0) is 18.4 Å². The van der Waals surface area contributed by atoms with Gasteiger partial charge in [-0.3, -0.25) is 5.10 Å². The molecule has 2 aromatic rings. The first-order valence-corrected chi connectivity index (χ1v) is 3.64. The Bertz CT molecular complexity index is 320. The molecule has 0 radical (unpaired) electrons. The average molecular weight is 138 g/mol. The Morgan fingerprint density at radius 3 is 3.33 bits per heavy atom. The zero-order valence-corrected chi connectivity index (χ0v) is 5.83. The third kappa shape index (κ3) is 0.580. The van der Waals surface area contributed by atoms with Crippen LogP contribution in [0.4, 0.5) is 0 Å². The highest BCUT2D eigenvalue weighted by atomic mass is 32.1. The highest BCUT2D eigenvalue weighted by molar-refractivity contribution is 7.17. The summed E-state index contributed by atoms with van der Waals surface area (Å²) in [6.45, 7) is 2.01. The standard InChI is InChI=1S/C6H6N2S/c1-4-6-5(8-7-4)2-3-9-6/h2-3H,1H3,(H,7,8). The van der Waals surface area contributed by atoms with Crippen LogP contribution >= 0.6 is 11.3 Å². The largest absolute Gasteiger partial charge is 0.277 e. The van der Waals surface area contributed by atoms with Crippen LogP contribution in [-0.2, 0) is 0 Å². The maximum absolute atomic E-state index is 4.04. The predicted octanol–water partition coefficient (Wildman–Crippen LogP) is 1.93. The fraction of sp³-hybridized carbons (Fsp3) is 0.167. The highest BCUT2D eigenvalue weighted by Gasteiger charge is 1.98. The fourth-order valence-electron chi connectivity index (χ4n) is 0.872. The summed E-state index contributed by atoms with van der Waals surface area (Å²) in [6.07, 6.45) is 0. The number of aromatic nitrogens is 2. The molecule has 0 bridgehead atoms. The minimum absolute atomic E-state index is 1.10. The maximum atomic E-state index is 4.04. The van der Waals surface area contributed by atoms with Crippen LogP contribution in [0, 0.1) is 6.92 Å². The topological polar surface area (TPSA) is 28.7 Å². The van der Waals surface area contributed by atoms with E-state index < -0.39 is 0 Å². The molecule has 0 spiro atoms. The number of hydrogen-bond donors (Lipinski definition) is 1. The molecule has 3 heteroatoms. The van der Waals surface area contributed by atoms with E-state index in [1.165, 1.54) is 4.70 Å². The molecule has 0 amide bonds. The molecule has 0 aliphatic heterocycles. The Balaban J connectivity index is 2.99. The summed E-state index contributed by atoms with van der Waals surface area (Å²) in [5.41, 5.74) is 2.25. The number of H-pyrrole nitrogens is 1. The van der Waals surface area contributed by atoms with E-state index in [-0.39, 0.29) is 0 Å². The van der Waals surface area contributed by atoms with Crippen LogP contribution in [0.2, 0.25) is 0 Å². The Morgan fingerprint density at radius 2 is 2.56 bits per heavy atom. The second-order valence-electron chi connectivity index (χ2n) is 1.97. The lowest BCUT2D eigenvalue weighted by Crippen LogP contribution is -1.67. The van der Waals surface area contributed by atoms with Gasteiger partial charge in [0.25, 0.3) is 0 Å². The molecule has 0 saturated heterocycles. The number of aryl methyl sites for hydroxylation is 1. The first kappa shape index (κ1) is 4.99. The van der Waals surface area contributed by atoms with Crippen molar-refractivity contribution >= 4 is 21.6 Å². The molecule has 2 rings (SSSR count). The van der Waals surface area contributed by atoms with Crippen LogP contribution in [0.3, 0.4) is 0 Å². The van der Waals surface area contributed by atoms with Gasteiger partial charge in [-0.2, -0.15) is 5.10 Å². The van der Waals surface area contributed by atoms with E-state index in [1.807, 2.05) is 13.0 Å². The van der Waals surface area contributed by atoms with Gasteiger partial charge in [0.1, 0.15) is 0 Å². The number of aromatic amines is 1. The predicted molar refractivity (Wildman–Crippen MR) is 38.7 cm³/mol. The Hall–Kier alpha value is -0.830. The lowest BCUT2D eigenvalue weighted by molar-refractivity contribution is 1.07. The van der Waals surface area contributed by atoms with Crippen LogP contribution in [0.15, 0.2) is 11.4 Å². The van der Waals surface area contributed by atoms with E-state index in [9.17, 15) is 0 Å². The molecule has 0 fully saturated rings. The zero-order chi connectivity index (χ0) is 6.27. The van der Waals surface area contributed by atoms with Crippen molar-refractivity contribution in [1.82, 2.24) is 10.2 Å². The Labute approximate surface area is 56.5 Å². The van der Waals surface area contributed by atoms with Gasteiger partial charge >= 0.3 is 0 Å².